The highest BCUT2D eigenvalue weighted by atomic mass is 16.5. The molecule has 1 fully saturated rings. The molecule has 0 aromatic carbocycles. The van der Waals surface area contributed by atoms with Crippen LogP contribution in [0.25, 0.3) is 0 Å². The summed E-state index contributed by atoms with van der Waals surface area (Å²) in [6.07, 6.45) is 4.97. The van der Waals surface area contributed by atoms with Gasteiger partial charge in [-0.1, -0.05) is 6.42 Å². The number of methoxy groups -OCH3 is 1. The Balaban J connectivity index is 2.35. The summed E-state index contributed by atoms with van der Waals surface area (Å²) in [6.45, 7) is 2.00. The molecule has 1 aliphatic rings. The minimum atomic E-state index is 0.239. The first-order valence-electron chi connectivity index (χ1n) is 5.35. The highest BCUT2D eigenvalue weighted by Crippen LogP contribution is 2.35. The van der Waals surface area contributed by atoms with Gasteiger partial charge in [-0.3, -0.25) is 0 Å². The molecule has 4 nitrogen and oxygen atoms in total. The Morgan fingerprint density at radius 1 is 1.40 bits per heavy atom. The second kappa shape index (κ2) is 4.14. The molecule has 0 amide bonds. The summed E-state index contributed by atoms with van der Waals surface area (Å²) in [5.74, 6) is 1.04. The minimum absolute atomic E-state index is 0.239. The van der Waals surface area contributed by atoms with E-state index in [4.69, 9.17) is 10.5 Å². The van der Waals surface area contributed by atoms with Gasteiger partial charge in [0.2, 0.25) is 5.88 Å². The number of hydrogen-bond acceptors (Lipinski definition) is 4. The number of rotatable bonds is 2. The molecular formula is C11H17N3O. The Morgan fingerprint density at radius 3 is 2.80 bits per heavy atom. The first-order valence-corrected chi connectivity index (χ1v) is 5.35. The fraction of sp³-hybridized carbons (Fsp3) is 0.636. The molecule has 1 aromatic heterocycles. The van der Waals surface area contributed by atoms with Crippen molar-refractivity contribution >= 4 is 0 Å². The molecule has 2 N–H and O–H groups in total. The van der Waals surface area contributed by atoms with Crippen molar-refractivity contribution in [1.29, 1.82) is 0 Å². The van der Waals surface area contributed by atoms with Crippen LogP contribution in [0.15, 0.2) is 6.33 Å². The number of nitrogens with two attached hydrogens (primary N) is 1. The molecule has 15 heavy (non-hydrogen) atoms. The molecule has 1 saturated carbocycles. The molecule has 1 aromatic rings. The van der Waals surface area contributed by atoms with Gasteiger partial charge in [0, 0.05) is 17.5 Å². The Bertz CT molecular complexity index is 354. The fourth-order valence-corrected chi connectivity index (χ4v) is 2.35. The Morgan fingerprint density at radius 2 is 2.20 bits per heavy atom. The van der Waals surface area contributed by atoms with Gasteiger partial charge in [0.05, 0.1) is 12.8 Å². The van der Waals surface area contributed by atoms with Crippen molar-refractivity contribution in [3.63, 3.8) is 0 Å². The zero-order chi connectivity index (χ0) is 10.8. The van der Waals surface area contributed by atoms with Crippen LogP contribution in [0.1, 0.15) is 36.4 Å². The minimum Gasteiger partial charge on any atom is -0.481 e. The maximum Gasteiger partial charge on any atom is 0.219 e. The molecule has 0 saturated heterocycles. The van der Waals surface area contributed by atoms with Gasteiger partial charge in [-0.05, 0) is 19.8 Å². The third-order valence-corrected chi connectivity index (χ3v) is 3.19. The van der Waals surface area contributed by atoms with Crippen LogP contribution in [0, 0.1) is 6.92 Å². The largest absolute Gasteiger partial charge is 0.481 e. The predicted octanol–water partition coefficient (Wildman–Crippen LogP) is 1.39. The number of ether oxygens (including phenoxy) is 1. The third kappa shape index (κ3) is 1.81. The van der Waals surface area contributed by atoms with Crippen molar-refractivity contribution in [2.45, 2.75) is 38.1 Å². The van der Waals surface area contributed by atoms with Crippen LogP contribution < -0.4 is 10.5 Å². The first-order chi connectivity index (χ1) is 7.24. The Hall–Kier alpha value is -1.16. The van der Waals surface area contributed by atoms with E-state index in [1.165, 1.54) is 6.42 Å². The van der Waals surface area contributed by atoms with Gasteiger partial charge in [-0.15, -0.1) is 0 Å². The number of aromatic nitrogens is 2. The first kappa shape index (κ1) is 10.4. The molecule has 0 aliphatic heterocycles. The van der Waals surface area contributed by atoms with Crippen molar-refractivity contribution < 1.29 is 4.74 Å². The lowest BCUT2D eigenvalue weighted by molar-refractivity contribution is 0.390. The molecule has 1 aliphatic carbocycles. The van der Waals surface area contributed by atoms with Crippen molar-refractivity contribution in [1.82, 2.24) is 9.97 Å². The lowest BCUT2D eigenvalue weighted by Crippen LogP contribution is -2.24. The van der Waals surface area contributed by atoms with Crippen LogP contribution in [-0.4, -0.2) is 23.1 Å². The molecule has 4 heteroatoms. The predicted molar refractivity (Wildman–Crippen MR) is 57.9 cm³/mol. The second-order valence-corrected chi connectivity index (χ2v) is 4.09. The van der Waals surface area contributed by atoms with E-state index in [-0.39, 0.29) is 6.04 Å². The molecule has 0 bridgehead atoms. The monoisotopic (exact) mass is 207 g/mol. The maximum atomic E-state index is 6.07. The van der Waals surface area contributed by atoms with E-state index in [1.54, 1.807) is 13.4 Å². The summed E-state index contributed by atoms with van der Waals surface area (Å²) in [5.41, 5.74) is 8.16. The summed E-state index contributed by atoms with van der Waals surface area (Å²) in [6, 6.07) is 0.239. The highest BCUT2D eigenvalue weighted by molar-refractivity contribution is 5.31. The standard InChI is InChI=1S/C11H17N3O/c1-7-10(8-4-3-5-9(8)12)13-6-14-11(7)15-2/h6,8-9H,3-5,12H2,1-2H3. The summed E-state index contributed by atoms with van der Waals surface area (Å²) in [7, 11) is 1.63. The van der Waals surface area contributed by atoms with E-state index in [1.807, 2.05) is 6.92 Å². The summed E-state index contributed by atoms with van der Waals surface area (Å²) >= 11 is 0. The van der Waals surface area contributed by atoms with Crippen LogP contribution in [-0.2, 0) is 0 Å². The van der Waals surface area contributed by atoms with Gasteiger partial charge >= 0.3 is 0 Å². The van der Waals surface area contributed by atoms with E-state index in [9.17, 15) is 0 Å². The number of nitrogens with zero attached hydrogens (tertiary/aromatic N) is 2. The normalized spacial score (nSPS) is 25.5. The third-order valence-electron chi connectivity index (χ3n) is 3.19. The van der Waals surface area contributed by atoms with Crippen molar-refractivity contribution in [2.24, 2.45) is 5.73 Å². The SMILES string of the molecule is COc1ncnc(C2CCCC2N)c1C. The highest BCUT2D eigenvalue weighted by Gasteiger charge is 2.28. The van der Waals surface area contributed by atoms with Crippen molar-refractivity contribution in [2.75, 3.05) is 7.11 Å². The van der Waals surface area contributed by atoms with E-state index >= 15 is 0 Å². The van der Waals surface area contributed by atoms with Crippen LogP contribution in [0.2, 0.25) is 0 Å². The average Bonchev–Trinajstić information content (AvgIpc) is 2.65. The lowest BCUT2D eigenvalue weighted by atomic mass is 9.97. The summed E-state index contributed by atoms with van der Waals surface area (Å²) < 4.78 is 5.19. The topological polar surface area (TPSA) is 61.0 Å². The molecule has 2 atom stereocenters. The second-order valence-electron chi connectivity index (χ2n) is 4.09. The van der Waals surface area contributed by atoms with Gasteiger partial charge in [-0.2, -0.15) is 0 Å². The van der Waals surface area contributed by atoms with Crippen LogP contribution in [0.5, 0.6) is 5.88 Å². The molecule has 1 heterocycles. The molecule has 82 valence electrons. The fourth-order valence-electron chi connectivity index (χ4n) is 2.35. The van der Waals surface area contributed by atoms with Gasteiger partial charge < -0.3 is 10.5 Å². The molecule has 0 spiro atoms. The number of hydrogen-bond donors (Lipinski definition) is 1. The van der Waals surface area contributed by atoms with Gasteiger partial charge in [0.15, 0.2) is 0 Å². The van der Waals surface area contributed by atoms with Gasteiger partial charge in [0.1, 0.15) is 6.33 Å². The Labute approximate surface area is 89.9 Å². The summed E-state index contributed by atoms with van der Waals surface area (Å²) in [4.78, 5) is 8.43. The van der Waals surface area contributed by atoms with Gasteiger partial charge in [0.25, 0.3) is 0 Å². The van der Waals surface area contributed by atoms with E-state index in [2.05, 4.69) is 9.97 Å². The zero-order valence-corrected chi connectivity index (χ0v) is 9.23. The van der Waals surface area contributed by atoms with Crippen molar-refractivity contribution in [3.05, 3.63) is 17.6 Å². The molecular weight excluding hydrogens is 190 g/mol. The summed E-state index contributed by atoms with van der Waals surface area (Å²) in [5, 5.41) is 0. The van der Waals surface area contributed by atoms with Crippen molar-refractivity contribution in [3.8, 4) is 5.88 Å². The maximum absolute atomic E-state index is 6.07. The van der Waals surface area contributed by atoms with Crippen LogP contribution >= 0.6 is 0 Å². The lowest BCUT2D eigenvalue weighted by Gasteiger charge is -2.17. The zero-order valence-electron chi connectivity index (χ0n) is 9.23. The van der Waals surface area contributed by atoms with E-state index in [0.717, 1.165) is 24.1 Å². The molecule has 2 rings (SSSR count). The smallest absolute Gasteiger partial charge is 0.219 e. The van der Waals surface area contributed by atoms with E-state index in [0.29, 0.717) is 11.8 Å². The van der Waals surface area contributed by atoms with Gasteiger partial charge in [-0.25, -0.2) is 9.97 Å². The Kier molecular flexibility index (Phi) is 2.86. The molecule has 0 radical (unpaired) electrons. The van der Waals surface area contributed by atoms with Crippen LogP contribution in [0.3, 0.4) is 0 Å². The average molecular weight is 207 g/mol. The molecule has 2 unspecified atom stereocenters. The van der Waals surface area contributed by atoms with E-state index < -0.39 is 0 Å². The quantitative estimate of drug-likeness (QED) is 0.796. The van der Waals surface area contributed by atoms with Crippen LogP contribution in [0.4, 0.5) is 0 Å².